The monoisotopic (exact) mass is 474 g/mol. The predicted octanol–water partition coefficient (Wildman–Crippen LogP) is 5.65. The summed E-state index contributed by atoms with van der Waals surface area (Å²) in [4.78, 5) is 17.1. The zero-order valence-electron chi connectivity index (χ0n) is 19.7. The van der Waals surface area contributed by atoms with E-state index in [9.17, 15) is 14.3 Å². The third-order valence-corrected chi connectivity index (χ3v) is 8.76. The molecule has 2 atom stereocenters. The van der Waals surface area contributed by atoms with Crippen molar-refractivity contribution in [2.24, 2.45) is 5.41 Å². The summed E-state index contributed by atoms with van der Waals surface area (Å²) >= 11 is 0. The van der Waals surface area contributed by atoms with Crippen LogP contribution in [0.25, 0.3) is 11.3 Å². The molecule has 3 N–H and O–H groups in total. The Balaban J connectivity index is 1.14. The number of nitrogens with zero attached hydrogens (tertiary/aromatic N) is 2. The van der Waals surface area contributed by atoms with E-state index in [2.05, 4.69) is 44.5 Å². The van der Waals surface area contributed by atoms with Crippen LogP contribution in [-0.4, -0.2) is 32.3 Å². The zero-order chi connectivity index (χ0) is 24.0. The van der Waals surface area contributed by atoms with E-state index in [1.54, 1.807) is 12.1 Å². The molecule has 3 saturated carbocycles. The van der Waals surface area contributed by atoms with Crippen LogP contribution in [0.2, 0.25) is 0 Å². The number of aliphatic hydroxyl groups is 1. The molecule has 2 bridgehead atoms. The summed E-state index contributed by atoms with van der Waals surface area (Å²) in [5, 5.41) is 17.7. The van der Waals surface area contributed by atoms with Crippen LogP contribution in [0.1, 0.15) is 63.0 Å². The minimum absolute atomic E-state index is 0.0997. The number of amides is 2. The van der Waals surface area contributed by atoms with Crippen molar-refractivity contribution in [2.45, 2.75) is 69.1 Å². The molecule has 7 rings (SSSR count). The second-order valence-corrected chi connectivity index (χ2v) is 10.6. The molecule has 3 aliphatic carbocycles. The third-order valence-electron chi connectivity index (χ3n) is 8.76. The number of carbonyl (C=O) groups is 1. The molecular weight excluding hydrogens is 443 g/mol. The van der Waals surface area contributed by atoms with Crippen molar-refractivity contribution in [3.8, 4) is 11.3 Å². The molecule has 2 amide bonds. The van der Waals surface area contributed by atoms with Crippen molar-refractivity contribution in [2.75, 3.05) is 5.32 Å². The number of imidazole rings is 1. The zero-order valence-corrected chi connectivity index (χ0v) is 19.7. The summed E-state index contributed by atoms with van der Waals surface area (Å²) in [5.74, 6) is -0.328. The van der Waals surface area contributed by atoms with Crippen LogP contribution in [0.15, 0.2) is 61.1 Å². The number of halogens is 1. The van der Waals surface area contributed by atoms with Gasteiger partial charge < -0.3 is 20.3 Å². The van der Waals surface area contributed by atoms with Gasteiger partial charge in [0.2, 0.25) is 0 Å². The lowest BCUT2D eigenvalue weighted by molar-refractivity contribution is -0.0237. The first-order valence-electron chi connectivity index (χ1n) is 12.6. The summed E-state index contributed by atoms with van der Waals surface area (Å²) in [6, 6.07) is 14.1. The predicted molar refractivity (Wildman–Crippen MR) is 132 cm³/mol. The number of aromatic nitrogens is 2. The molecule has 35 heavy (non-hydrogen) atoms. The molecule has 7 heteroatoms. The van der Waals surface area contributed by atoms with Crippen molar-refractivity contribution < 1.29 is 14.3 Å². The Bertz CT molecular complexity index is 1230. The normalized spacial score (nSPS) is 27.5. The van der Waals surface area contributed by atoms with E-state index in [0.717, 1.165) is 50.6 Å². The summed E-state index contributed by atoms with van der Waals surface area (Å²) in [7, 11) is 0. The fourth-order valence-electron chi connectivity index (χ4n) is 6.76. The average molecular weight is 475 g/mol. The second-order valence-electron chi connectivity index (χ2n) is 10.6. The smallest absolute Gasteiger partial charge is 0.319 e. The van der Waals surface area contributed by atoms with E-state index in [1.165, 1.54) is 23.3 Å². The topological polar surface area (TPSA) is 79.2 Å². The minimum Gasteiger partial charge on any atom is -0.392 e. The van der Waals surface area contributed by atoms with E-state index in [1.807, 2.05) is 12.5 Å². The molecule has 2 unspecified atom stereocenters. The molecular formula is C28H31FN4O2. The van der Waals surface area contributed by atoms with Gasteiger partial charge in [0, 0.05) is 16.8 Å². The largest absolute Gasteiger partial charge is 0.392 e. The number of anilines is 1. The van der Waals surface area contributed by atoms with Gasteiger partial charge >= 0.3 is 6.03 Å². The Morgan fingerprint density at radius 1 is 1.09 bits per heavy atom. The van der Waals surface area contributed by atoms with Gasteiger partial charge in [0.1, 0.15) is 5.82 Å². The Morgan fingerprint density at radius 2 is 1.86 bits per heavy atom. The summed E-state index contributed by atoms with van der Waals surface area (Å²) < 4.78 is 15.4. The molecule has 1 aliphatic heterocycles. The lowest BCUT2D eigenvalue weighted by Gasteiger charge is -2.46. The first-order valence-corrected chi connectivity index (χ1v) is 12.6. The number of hydrogen-bond donors (Lipinski definition) is 3. The highest BCUT2D eigenvalue weighted by Gasteiger charge is 2.50. The van der Waals surface area contributed by atoms with Crippen molar-refractivity contribution in [3.05, 3.63) is 72.4 Å². The van der Waals surface area contributed by atoms with Crippen molar-refractivity contribution in [3.63, 3.8) is 0 Å². The number of aliphatic hydroxyl groups excluding tert-OH is 1. The molecule has 2 aromatic carbocycles. The average Bonchev–Trinajstić information content (AvgIpc) is 3.33. The first-order chi connectivity index (χ1) is 17.0. The Hall–Kier alpha value is -3.19. The van der Waals surface area contributed by atoms with E-state index in [-0.39, 0.29) is 28.8 Å². The molecule has 1 aromatic heterocycles. The van der Waals surface area contributed by atoms with Crippen molar-refractivity contribution >= 4 is 11.7 Å². The van der Waals surface area contributed by atoms with Crippen LogP contribution in [0.4, 0.5) is 14.9 Å². The standard InChI is InChI=1S/C28H31FN4O2/c29-19-6-8-20(9-7-19)31-26(35)32-28-11-3-10-27(12-14-28,13-15-28)25(34)16-23-21-4-1-2-5-22(21)24-17-30-18-33(23)24/h1-2,4-9,17-18,23,25,34H,3,10-16H2,(H2,31,32,35). The lowest BCUT2D eigenvalue weighted by atomic mass is 9.64. The number of rotatable bonds is 5. The highest BCUT2D eigenvalue weighted by Crippen LogP contribution is 2.54. The summed E-state index contributed by atoms with van der Waals surface area (Å²) in [6.45, 7) is 0. The van der Waals surface area contributed by atoms with Crippen LogP contribution in [-0.2, 0) is 0 Å². The maximum atomic E-state index is 13.2. The van der Waals surface area contributed by atoms with Crippen molar-refractivity contribution in [1.82, 2.24) is 14.9 Å². The van der Waals surface area contributed by atoms with Crippen LogP contribution >= 0.6 is 0 Å². The SMILES string of the molecule is O=C(Nc1ccc(F)cc1)NC12CCCC(C(O)CC3c4ccccc4-c4cncn43)(CC1)CC2. The molecule has 0 spiro atoms. The first kappa shape index (κ1) is 22.3. The number of nitrogens with one attached hydrogen (secondary N) is 2. The van der Waals surface area contributed by atoms with Gasteiger partial charge in [-0.15, -0.1) is 0 Å². The van der Waals surface area contributed by atoms with E-state index in [4.69, 9.17) is 0 Å². The maximum Gasteiger partial charge on any atom is 0.319 e. The van der Waals surface area contributed by atoms with Crippen LogP contribution < -0.4 is 10.6 Å². The summed E-state index contributed by atoms with van der Waals surface area (Å²) in [5.41, 5.74) is 3.80. The molecule has 2 heterocycles. The fraction of sp³-hybridized carbons (Fsp3) is 0.429. The van der Waals surface area contributed by atoms with Gasteiger partial charge in [-0.3, -0.25) is 0 Å². The van der Waals surface area contributed by atoms with Gasteiger partial charge in [-0.25, -0.2) is 14.2 Å². The van der Waals surface area contributed by atoms with Crippen LogP contribution in [0.3, 0.4) is 0 Å². The highest BCUT2D eigenvalue weighted by molar-refractivity contribution is 5.89. The van der Waals surface area contributed by atoms with E-state index < -0.39 is 6.10 Å². The lowest BCUT2D eigenvalue weighted by Crippen LogP contribution is -2.53. The van der Waals surface area contributed by atoms with Crippen LogP contribution in [0.5, 0.6) is 0 Å². The van der Waals surface area contributed by atoms with Gasteiger partial charge in [0.25, 0.3) is 0 Å². The number of benzene rings is 2. The molecule has 0 saturated heterocycles. The molecule has 6 nitrogen and oxygen atoms in total. The Morgan fingerprint density at radius 3 is 2.66 bits per heavy atom. The minimum atomic E-state index is -0.418. The number of carbonyl (C=O) groups excluding carboxylic acids is 1. The van der Waals surface area contributed by atoms with Crippen molar-refractivity contribution in [1.29, 1.82) is 0 Å². The van der Waals surface area contributed by atoms with Gasteiger partial charge in [-0.05, 0) is 80.2 Å². The van der Waals surface area contributed by atoms with Gasteiger partial charge in [-0.1, -0.05) is 30.7 Å². The quantitative estimate of drug-likeness (QED) is 0.447. The number of urea groups is 1. The van der Waals surface area contributed by atoms with E-state index in [0.29, 0.717) is 12.1 Å². The van der Waals surface area contributed by atoms with Gasteiger partial charge in [-0.2, -0.15) is 0 Å². The molecule has 0 radical (unpaired) electrons. The highest BCUT2D eigenvalue weighted by atomic mass is 19.1. The number of fused-ring (bicyclic) bond motifs is 7. The number of hydrogen-bond acceptors (Lipinski definition) is 3. The van der Waals surface area contributed by atoms with Gasteiger partial charge in [0.05, 0.1) is 30.4 Å². The Labute approximate surface area is 204 Å². The van der Waals surface area contributed by atoms with E-state index >= 15 is 0 Å². The maximum absolute atomic E-state index is 13.2. The van der Waals surface area contributed by atoms with Crippen LogP contribution in [0, 0.1) is 11.2 Å². The molecule has 3 fully saturated rings. The van der Waals surface area contributed by atoms with Gasteiger partial charge in [0.15, 0.2) is 0 Å². The Kier molecular flexibility index (Phi) is 5.40. The molecule has 182 valence electrons. The molecule has 3 aromatic rings. The molecule has 4 aliphatic rings. The third kappa shape index (κ3) is 3.92. The second kappa shape index (κ2) is 8.48. The summed E-state index contributed by atoms with van der Waals surface area (Å²) in [6.07, 6.45) is 10.4. The fourth-order valence-corrected chi connectivity index (χ4v) is 6.76.